The Morgan fingerprint density at radius 2 is 2.37 bits per heavy atom. The molecule has 0 saturated carbocycles. The number of carbonyl (C=O) groups excluding carboxylic acids is 1. The first-order valence-electron chi connectivity index (χ1n) is 6.05. The molecule has 1 aromatic heterocycles. The Hall–Kier alpha value is -2.21. The van der Waals surface area contributed by atoms with Gasteiger partial charge in [-0.05, 0) is 30.7 Å². The standard InChI is InChI=1S/C13H16N4O2/c1-9(7-14)5-12(18)16-11-4-2-3-10(6-11)13-17-15-8-19-13/h2-4,6,8-9H,5,7,14H2,1H3,(H,16,18). The third-order valence-electron chi connectivity index (χ3n) is 2.69. The Morgan fingerprint density at radius 3 is 3.05 bits per heavy atom. The summed E-state index contributed by atoms with van der Waals surface area (Å²) in [5.41, 5.74) is 6.96. The highest BCUT2D eigenvalue weighted by Crippen LogP contribution is 2.20. The summed E-state index contributed by atoms with van der Waals surface area (Å²) in [7, 11) is 0. The number of nitrogens with one attached hydrogen (secondary N) is 1. The van der Waals surface area contributed by atoms with Gasteiger partial charge in [0.15, 0.2) is 0 Å². The first-order valence-corrected chi connectivity index (χ1v) is 6.05. The molecule has 3 N–H and O–H groups in total. The van der Waals surface area contributed by atoms with Crippen LogP contribution in [0.3, 0.4) is 0 Å². The molecule has 1 amide bonds. The van der Waals surface area contributed by atoms with E-state index in [1.165, 1.54) is 6.39 Å². The molecule has 0 saturated heterocycles. The lowest BCUT2D eigenvalue weighted by atomic mass is 10.1. The van der Waals surface area contributed by atoms with Crippen LogP contribution in [0.25, 0.3) is 11.5 Å². The van der Waals surface area contributed by atoms with E-state index in [1.54, 1.807) is 6.07 Å². The zero-order chi connectivity index (χ0) is 13.7. The molecule has 19 heavy (non-hydrogen) atoms. The van der Waals surface area contributed by atoms with Crippen molar-refractivity contribution in [2.45, 2.75) is 13.3 Å². The number of hydrogen-bond acceptors (Lipinski definition) is 5. The van der Waals surface area contributed by atoms with Crippen LogP contribution in [-0.4, -0.2) is 22.6 Å². The number of nitrogens with zero attached hydrogens (tertiary/aromatic N) is 2. The van der Waals surface area contributed by atoms with Crippen molar-refractivity contribution in [2.75, 3.05) is 11.9 Å². The molecule has 1 unspecified atom stereocenters. The molecule has 6 nitrogen and oxygen atoms in total. The molecule has 1 heterocycles. The van der Waals surface area contributed by atoms with Crippen LogP contribution in [0.1, 0.15) is 13.3 Å². The van der Waals surface area contributed by atoms with Gasteiger partial charge < -0.3 is 15.5 Å². The maximum Gasteiger partial charge on any atom is 0.247 e. The van der Waals surface area contributed by atoms with Crippen molar-refractivity contribution in [1.82, 2.24) is 10.2 Å². The van der Waals surface area contributed by atoms with Gasteiger partial charge in [0.2, 0.25) is 18.2 Å². The lowest BCUT2D eigenvalue weighted by molar-refractivity contribution is -0.116. The van der Waals surface area contributed by atoms with Crippen LogP contribution in [0.2, 0.25) is 0 Å². The molecule has 0 radical (unpaired) electrons. The van der Waals surface area contributed by atoms with Crippen LogP contribution in [0.15, 0.2) is 35.1 Å². The van der Waals surface area contributed by atoms with Gasteiger partial charge in [-0.3, -0.25) is 4.79 Å². The summed E-state index contributed by atoms with van der Waals surface area (Å²) in [5, 5.41) is 10.3. The number of anilines is 1. The molecule has 6 heteroatoms. The lowest BCUT2D eigenvalue weighted by Gasteiger charge is -2.09. The molecular weight excluding hydrogens is 244 g/mol. The van der Waals surface area contributed by atoms with Gasteiger partial charge in [0.1, 0.15) is 0 Å². The second-order valence-electron chi connectivity index (χ2n) is 4.42. The third kappa shape index (κ3) is 3.62. The predicted octanol–water partition coefficient (Wildman–Crippen LogP) is 1.66. The van der Waals surface area contributed by atoms with Crippen LogP contribution < -0.4 is 11.1 Å². The van der Waals surface area contributed by atoms with Crippen molar-refractivity contribution in [3.63, 3.8) is 0 Å². The van der Waals surface area contributed by atoms with E-state index in [2.05, 4.69) is 15.5 Å². The average Bonchev–Trinajstić information content (AvgIpc) is 2.92. The van der Waals surface area contributed by atoms with Crippen molar-refractivity contribution in [3.05, 3.63) is 30.7 Å². The quantitative estimate of drug-likeness (QED) is 0.852. The number of amides is 1. The van der Waals surface area contributed by atoms with Gasteiger partial charge in [0.25, 0.3) is 0 Å². The average molecular weight is 260 g/mol. The second-order valence-corrected chi connectivity index (χ2v) is 4.42. The summed E-state index contributed by atoms with van der Waals surface area (Å²) in [4.78, 5) is 11.8. The van der Waals surface area contributed by atoms with Gasteiger partial charge in [-0.1, -0.05) is 13.0 Å². The van der Waals surface area contributed by atoms with E-state index in [0.717, 1.165) is 5.56 Å². The fourth-order valence-corrected chi connectivity index (χ4v) is 1.64. The minimum atomic E-state index is -0.0550. The van der Waals surface area contributed by atoms with E-state index < -0.39 is 0 Å². The Balaban J connectivity index is 2.05. The predicted molar refractivity (Wildman–Crippen MR) is 71.2 cm³/mol. The number of carbonyl (C=O) groups is 1. The van der Waals surface area contributed by atoms with Gasteiger partial charge in [-0.2, -0.15) is 0 Å². The first kappa shape index (κ1) is 13.2. The van der Waals surface area contributed by atoms with Crippen LogP contribution in [0, 0.1) is 5.92 Å². The highest BCUT2D eigenvalue weighted by Gasteiger charge is 2.09. The molecule has 1 atom stereocenters. The van der Waals surface area contributed by atoms with Crippen molar-refractivity contribution < 1.29 is 9.21 Å². The highest BCUT2D eigenvalue weighted by atomic mass is 16.4. The zero-order valence-electron chi connectivity index (χ0n) is 10.7. The minimum absolute atomic E-state index is 0.0550. The molecule has 0 bridgehead atoms. The fraction of sp³-hybridized carbons (Fsp3) is 0.308. The Labute approximate surface area is 111 Å². The summed E-state index contributed by atoms with van der Waals surface area (Å²) < 4.78 is 5.11. The molecule has 0 fully saturated rings. The van der Waals surface area contributed by atoms with Crippen LogP contribution in [0.5, 0.6) is 0 Å². The number of nitrogens with two attached hydrogens (primary N) is 1. The van der Waals surface area contributed by atoms with E-state index in [4.69, 9.17) is 10.2 Å². The SMILES string of the molecule is CC(CN)CC(=O)Nc1cccc(-c2nnco2)c1. The molecule has 2 rings (SSSR count). The van der Waals surface area contributed by atoms with Crippen LogP contribution >= 0.6 is 0 Å². The van der Waals surface area contributed by atoms with Gasteiger partial charge in [-0.25, -0.2) is 0 Å². The van der Waals surface area contributed by atoms with Crippen LogP contribution in [0.4, 0.5) is 5.69 Å². The summed E-state index contributed by atoms with van der Waals surface area (Å²) in [6, 6.07) is 7.26. The molecule has 2 aromatic rings. The van der Waals surface area contributed by atoms with Crippen molar-refractivity contribution in [3.8, 4) is 11.5 Å². The van der Waals surface area contributed by atoms with Crippen molar-refractivity contribution in [2.24, 2.45) is 11.7 Å². The largest absolute Gasteiger partial charge is 0.423 e. The summed E-state index contributed by atoms with van der Waals surface area (Å²) in [5.74, 6) is 0.533. The van der Waals surface area contributed by atoms with E-state index in [-0.39, 0.29) is 11.8 Å². The first-order chi connectivity index (χ1) is 9.19. The Morgan fingerprint density at radius 1 is 1.53 bits per heavy atom. The lowest BCUT2D eigenvalue weighted by Crippen LogP contribution is -2.20. The summed E-state index contributed by atoms with van der Waals surface area (Å²) in [6.45, 7) is 2.43. The molecule has 0 aliphatic rings. The van der Waals surface area contributed by atoms with Gasteiger partial charge >= 0.3 is 0 Å². The van der Waals surface area contributed by atoms with Gasteiger partial charge in [0, 0.05) is 17.7 Å². The smallest absolute Gasteiger partial charge is 0.247 e. The summed E-state index contributed by atoms with van der Waals surface area (Å²) in [6.07, 6.45) is 1.67. The molecule has 0 aliphatic heterocycles. The van der Waals surface area contributed by atoms with Crippen molar-refractivity contribution >= 4 is 11.6 Å². The highest BCUT2D eigenvalue weighted by molar-refractivity contribution is 5.91. The Bertz CT molecular complexity index is 539. The fourth-order valence-electron chi connectivity index (χ4n) is 1.64. The molecule has 0 spiro atoms. The van der Waals surface area contributed by atoms with Crippen LogP contribution in [-0.2, 0) is 4.79 Å². The molecule has 100 valence electrons. The maximum atomic E-state index is 11.8. The number of aromatic nitrogens is 2. The topological polar surface area (TPSA) is 94.0 Å². The number of hydrogen-bond donors (Lipinski definition) is 2. The molecular formula is C13H16N4O2. The van der Waals surface area contributed by atoms with E-state index in [1.807, 2.05) is 25.1 Å². The van der Waals surface area contributed by atoms with Crippen molar-refractivity contribution in [1.29, 1.82) is 0 Å². The van der Waals surface area contributed by atoms with E-state index in [9.17, 15) is 4.79 Å². The number of benzene rings is 1. The van der Waals surface area contributed by atoms with Gasteiger partial charge in [0.05, 0.1) is 0 Å². The number of rotatable bonds is 5. The molecule has 0 aliphatic carbocycles. The molecule has 1 aromatic carbocycles. The zero-order valence-corrected chi connectivity index (χ0v) is 10.7. The monoisotopic (exact) mass is 260 g/mol. The third-order valence-corrected chi connectivity index (χ3v) is 2.69. The summed E-state index contributed by atoms with van der Waals surface area (Å²) >= 11 is 0. The second kappa shape index (κ2) is 6.10. The Kier molecular flexibility index (Phi) is 4.25. The van der Waals surface area contributed by atoms with E-state index in [0.29, 0.717) is 24.5 Å². The maximum absolute atomic E-state index is 11.8. The minimum Gasteiger partial charge on any atom is -0.423 e. The van der Waals surface area contributed by atoms with Gasteiger partial charge in [-0.15, -0.1) is 10.2 Å². The normalized spacial score (nSPS) is 12.1. The van der Waals surface area contributed by atoms with E-state index >= 15 is 0 Å².